The van der Waals surface area contributed by atoms with Gasteiger partial charge in [0.2, 0.25) is 0 Å². The molecule has 0 N–H and O–H groups in total. The fraction of sp³-hybridized carbons (Fsp3) is 0. The zero-order chi connectivity index (χ0) is 2.71. The predicted octanol–water partition coefficient (Wildman–Crippen LogP) is -2.18. The molecule has 5 heavy (non-hydrogen) atoms. The van der Waals surface area contributed by atoms with Gasteiger partial charge >= 0.3 is 85.8 Å². The summed E-state index contributed by atoms with van der Waals surface area (Å²) in [6.07, 6.45) is 0. The molecule has 5 heteroatoms. The fourth-order valence-electron chi connectivity index (χ4n) is 0. The summed E-state index contributed by atoms with van der Waals surface area (Å²) in [4.78, 5) is 0. The van der Waals surface area contributed by atoms with Gasteiger partial charge in [-0.3, -0.25) is 0 Å². The van der Waals surface area contributed by atoms with Gasteiger partial charge in [0.25, 0.3) is 0 Å². The normalized spacial score (nSPS) is 2.60. The van der Waals surface area contributed by atoms with Gasteiger partial charge in [-0.05, 0) is 0 Å². The van der Waals surface area contributed by atoms with Crippen molar-refractivity contribution < 1.29 is 2.81 Å². The minimum atomic E-state index is -1.61. The first-order chi connectivity index (χ1) is 1.41. The molecule has 0 radical (unpaired) electrons. The Morgan fingerprint density at radius 2 is 1.40 bits per heavy atom. The Morgan fingerprint density at radius 1 is 1.40 bits per heavy atom. The molecule has 0 aromatic carbocycles. The number of rotatable bonds is 0. The molecule has 0 saturated heterocycles. The molecule has 0 aliphatic heterocycles. The van der Waals surface area contributed by atoms with Crippen molar-refractivity contribution in [1.29, 1.82) is 0 Å². The van der Waals surface area contributed by atoms with Gasteiger partial charge < -0.3 is 0 Å². The molecule has 0 unspecified atom stereocenters. The number of halogens is 1. The summed E-state index contributed by atoms with van der Waals surface area (Å²) >= 11 is -1.61. The van der Waals surface area contributed by atoms with Crippen LogP contribution in [0.3, 0.4) is 0 Å². The van der Waals surface area contributed by atoms with Crippen LogP contribution in [0.1, 0.15) is 0 Å². The molecule has 0 spiro atoms. The second kappa shape index (κ2) is 15.9. The standard InChI is InChI=1S/3Bi.ClH.O.6H/h;;;1H;;;;;;;/q;;+1;;;;;;;;/p-1. The van der Waals surface area contributed by atoms with Crippen molar-refractivity contribution >= 4 is 83.0 Å². The van der Waals surface area contributed by atoms with E-state index in [1.807, 2.05) is 0 Å². The molecule has 0 aromatic heterocycles. The van der Waals surface area contributed by atoms with Crippen molar-refractivity contribution in [3.05, 3.63) is 0 Å². The first-order valence-electron chi connectivity index (χ1n) is 0.352. The Hall–Kier alpha value is 2.74. The molecular weight excluding hydrogens is 678 g/mol. The zero-order valence-corrected chi connectivity index (χ0v) is 17.9. The third-order valence-corrected chi connectivity index (χ3v) is 0. The summed E-state index contributed by atoms with van der Waals surface area (Å²) in [5.41, 5.74) is 0. The van der Waals surface area contributed by atoms with Gasteiger partial charge in [-0.25, -0.2) is 0 Å². The molecule has 0 amide bonds. The van der Waals surface area contributed by atoms with Gasteiger partial charge in [0, 0.05) is 0 Å². The first kappa shape index (κ1) is 15.6. The molecule has 0 aliphatic carbocycles. The average Bonchev–Trinajstić information content (AvgIpc) is 0.918. The predicted molar refractivity (Wildman–Crippen MR) is 32.2 cm³/mol. The number of hydrogen-bond acceptors (Lipinski definition) is 1. The van der Waals surface area contributed by atoms with Crippen LogP contribution < -0.4 is 0 Å². The van der Waals surface area contributed by atoms with E-state index in [2.05, 4.69) is 8.51 Å². The van der Waals surface area contributed by atoms with E-state index < -0.39 is 22.0 Å². The van der Waals surface area contributed by atoms with E-state index in [-0.39, 0.29) is 52.4 Å². The van der Waals surface area contributed by atoms with Crippen LogP contribution in [-0.4, -0.2) is 74.5 Å². The third-order valence-electron chi connectivity index (χ3n) is 0. The Morgan fingerprint density at radius 3 is 1.40 bits per heavy atom. The van der Waals surface area contributed by atoms with Crippen molar-refractivity contribution in [1.82, 2.24) is 0 Å². The molecule has 34 valence electrons. The SMILES string of the molecule is [BiH3].[BiH3].[O]=[Bi][Cl]. The molecule has 0 fully saturated rings. The van der Waals surface area contributed by atoms with Gasteiger partial charge in [0.15, 0.2) is 0 Å². The van der Waals surface area contributed by atoms with Crippen LogP contribution in [0.5, 0.6) is 0 Å². The van der Waals surface area contributed by atoms with Crippen LogP contribution in [0.4, 0.5) is 0 Å². The summed E-state index contributed by atoms with van der Waals surface area (Å²) in [7, 11) is 4.62. The molecule has 1 nitrogen and oxygen atoms in total. The van der Waals surface area contributed by atoms with Gasteiger partial charge in [-0.1, -0.05) is 0 Å². The summed E-state index contributed by atoms with van der Waals surface area (Å²) in [6, 6.07) is 0. The molecule has 0 aromatic rings. The topological polar surface area (TPSA) is 17.1 Å². The summed E-state index contributed by atoms with van der Waals surface area (Å²) in [5, 5.41) is 0. The molecule has 0 aliphatic rings. The van der Waals surface area contributed by atoms with E-state index in [4.69, 9.17) is 2.81 Å². The maximum absolute atomic E-state index is 8.88. The van der Waals surface area contributed by atoms with Crippen LogP contribution in [-0.2, 0) is 2.81 Å². The Balaban J connectivity index is -0.0000000200. The molecule has 0 atom stereocenters. The second-order valence-corrected chi connectivity index (χ2v) is 1.82. The molecule has 0 bridgehead atoms. The van der Waals surface area contributed by atoms with Crippen LogP contribution in [0.15, 0.2) is 0 Å². The zero-order valence-electron chi connectivity index (χ0n) is 2.65. The summed E-state index contributed by atoms with van der Waals surface area (Å²) in [5.74, 6) is 0. The van der Waals surface area contributed by atoms with Crippen LogP contribution in [0.2, 0.25) is 0 Å². The van der Waals surface area contributed by atoms with Crippen molar-refractivity contribution in [2.24, 2.45) is 0 Å². The molecular formula is H6Bi3ClO. The van der Waals surface area contributed by atoms with E-state index in [0.717, 1.165) is 0 Å². The maximum atomic E-state index is 8.88. The molecule has 0 saturated carbocycles. The first-order valence-corrected chi connectivity index (χ1v) is 6.05. The van der Waals surface area contributed by atoms with Crippen molar-refractivity contribution in [3.63, 3.8) is 0 Å². The minimum absolute atomic E-state index is 0. The van der Waals surface area contributed by atoms with Crippen molar-refractivity contribution in [3.8, 4) is 0 Å². The van der Waals surface area contributed by atoms with Gasteiger partial charge in [0.1, 0.15) is 0 Å². The van der Waals surface area contributed by atoms with Crippen molar-refractivity contribution in [2.45, 2.75) is 0 Å². The Kier molecular flexibility index (Phi) is 49.7. The van der Waals surface area contributed by atoms with Crippen molar-refractivity contribution in [2.75, 3.05) is 0 Å². The van der Waals surface area contributed by atoms with E-state index in [0.29, 0.717) is 0 Å². The fourth-order valence-corrected chi connectivity index (χ4v) is 0. The van der Waals surface area contributed by atoms with Crippen LogP contribution >= 0.6 is 8.51 Å². The van der Waals surface area contributed by atoms with Crippen LogP contribution in [0.25, 0.3) is 0 Å². The van der Waals surface area contributed by atoms with Gasteiger partial charge in [0.05, 0.1) is 0 Å². The van der Waals surface area contributed by atoms with E-state index in [1.54, 1.807) is 0 Å². The summed E-state index contributed by atoms with van der Waals surface area (Å²) < 4.78 is 8.88. The average molecular weight is 684 g/mol. The van der Waals surface area contributed by atoms with E-state index >= 15 is 0 Å². The quantitative estimate of drug-likeness (QED) is 0.266. The number of hydrogen-bond donors (Lipinski definition) is 0. The van der Waals surface area contributed by atoms with Crippen LogP contribution in [0, 0.1) is 0 Å². The Labute approximate surface area is 84.0 Å². The van der Waals surface area contributed by atoms with Gasteiger partial charge in [-0.15, -0.1) is 0 Å². The van der Waals surface area contributed by atoms with E-state index in [9.17, 15) is 0 Å². The Bertz CT molecular complexity index is 14.4. The second-order valence-electron chi connectivity index (χ2n) is 0.0690. The molecule has 0 rings (SSSR count). The van der Waals surface area contributed by atoms with E-state index in [1.165, 1.54) is 0 Å². The van der Waals surface area contributed by atoms with Gasteiger partial charge in [-0.2, -0.15) is 0 Å². The third kappa shape index (κ3) is 20.2. The monoisotopic (exact) mass is 684 g/mol. The summed E-state index contributed by atoms with van der Waals surface area (Å²) in [6.45, 7) is 0. The molecule has 0 heterocycles.